The molecule has 0 saturated heterocycles. The van der Waals surface area contributed by atoms with Crippen LogP contribution in [0, 0.1) is 6.92 Å². The number of halogens is 1. The van der Waals surface area contributed by atoms with Crippen LogP contribution in [-0.4, -0.2) is 38.0 Å². The van der Waals surface area contributed by atoms with E-state index >= 15 is 0 Å². The van der Waals surface area contributed by atoms with Crippen molar-refractivity contribution in [2.24, 2.45) is 0 Å². The van der Waals surface area contributed by atoms with E-state index in [1.165, 1.54) is 12.1 Å². The predicted molar refractivity (Wildman–Crippen MR) is 151 cm³/mol. The normalized spacial score (nSPS) is 18.3. The first-order valence-corrected chi connectivity index (χ1v) is 15.6. The highest BCUT2D eigenvalue weighted by Crippen LogP contribution is 2.51. The Balaban J connectivity index is 1.65. The molecule has 1 aliphatic heterocycles. The van der Waals surface area contributed by atoms with Crippen molar-refractivity contribution in [3.05, 3.63) is 74.5 Å². The highest BCUT2D eigenvalue weighted by molar-refractivity contribution is 9.10. The number of nitrogens with zero attached hydrogens (tertiary/aromatic N) is 1. The predicted octanol–water partition coefficient (Wildman–Crippen LogP) is 6.36. The standard InChI is InChI=1S/C30H32BrNO6S/c1-4-32-22-8-6-10-24(33)28(22)27(29-23(32)9-7-11-25(29)34)19-16-21(31)30(26(17-19)37-5-2)38-39(35,36)20-14-12-18(3)13-15-20/h12-17,27H,4-11H2,1-3H3. The lowest BCUT2D eigenvalue weighted by atomic mass is 9.71. The van der Waals surface area contributed by atoms with E-state index < -0.39 is 16.0 Å². The van der Waals surface area contributed by atoms with Gasteiger partial charge in [-0.05, 0) is 92.2 Å². The van der Waals surface area contributed by atoms with Crippen LogP contribution in [-0.2, 0) is 19.7 Å². The van der Waals surface area contributed by atoms with E-state index in [9.17, 15) is 18.0 Å². The highest BCUT2D eigenvalue weighted by Gasteiger charge is 2.43. The molecule has 9 heteroatoms. The smallest absolute Gasteiger partial charge is 0.339 e. The van der Waals surface area contributed by atoms with Crippen molar-refractivity contribution in [2.45, 2.75) is 70.1 Å². The minimum absolute atomic E-state index is 0.0283. The summed E-state index contributed by atoms with van der Waals surface area (Å²) in [5.41, 5.74) is 4.99. The minimum atomic E-state index is -4.14. The Morgan fingerprint density at radius 1 is 0.923 bits per heavy atom. The fourth-order valence-corrected chi connectivity index (χ4v) is 7.50. The molecule has 0 amide bonds. The summed E-state index contributed by atoms with van der Waals surface area (Å²) in [6.45, 7) is 6.70. The summed E-state index contributed by atoms with van der Waals surface area (Å²) in [5.74, 6) is -0.162. The maximum atomic E-state index is 13.4. The molecule has 0 unspecified atom stereocenters. The fraction of sp³-hybridized carbons (Fsp3) is 0.400. The second kappa shape index (κ2) is 10.9. The number of aryl methyl sites for hydroxylation is 1. The summed E-state index contributed by atoms with van der Waals surface area (Å²) in [5, 5.41) is 0. The molecule has 2 aromatic rings. The molecule has 2 aromatic carbocycles. The van der Waals surface area contributed by atoms with Gasteiger partial charge < -0.3 is 13.8 Å². The molecule has 5 rings (SSSR count). The molecule has 3 aliphatic rings. The zero-order valence-electron chi connectivity index (χ0n) is 22.4. The minimum Gasteiger partial charge on any atom is -0.490 e. The van der Waals surface area contributed by atoms with Crippen molar-refractivity contribution in [3.63, 3.8) is 0 Å². The van der Waals surface area contributed by atoms with Crippen molar-refractivity contribution in [1.82, 2.24) is 4.90 Å². The molecule has 0 spiro atoms. The molecule has 39 heavy (non-hydrogen) atoms. The van der Waals surface area contributed by atoms with Gasteiger partial charge in [-0.2, -0.15) is 8.42 Å². The van der Waals surface area contributed by atoms with Gasteiger partial charge in [0.1, 0.15) is 4.90 Å². The Bertz CT molecular complexity index is 1460. The van der Waals surface area contributed by atoms with Crippen LogP contribution in [0.4, 0.5) is 0 Å². The zero-order chi connectivity index (χ0) is 27.9. The van der Waals surface area contributed by atoms with Gasteiger partial charge in [-0.3, -0.25) is 9.59 Å². The first-order chi connectivity index (χ1) is 18.7. The highest BCUT2D eigenvalue weighted by atomic mass is 79.9. The van der Waals surface area contributed by atoms with Crippen LogP contribution in [0.3, 0.4) is 0 Å². The average molecular weight is 615 g/mol. The lowest BCUT2D eigenvalue weighted by Gasteiger charge is -2.43. The molecule has 0 radical (unpaired) electrons. The fourth-order valence-electron chi connectivity index (χ4n) is 5.89. The third kappa shape index (κ3) is 5.07. The number of rotatable bonds is 7. The van der Waals surface area contributed by atoms with Gasteiger partial charge in [0, 0.05) is 47.8 Å². The monoisotopic (exact) mass is 613 g/mol. The molecule has 0 aromatic heterocycles. The van der Waals surface area contributed by atoms with Crippen LogP contribution in [0.1, 0.15) is 69.4 Å². The number of benzene rings is 2. The van der Waals surface area contributed by atoms with Gasteiger partial charge in [0.05, 0.1) is 11.1 Å². The third-order valence-corrected chi connectivity index (χ3v) is 9.40. The number of Topliss-reactive ketones (excluding diaryl/α,β-unsaturated/α-hetero) is 2. The van der Waals surface area contributed by atoms with Gasteiger partial charge in [0.2, 0.25) is 0 Å². The molecule has 0 bridgehead atoms. The number of ether oxygens (including phenoxy) is 1. The van der Waals surface area contributed by atoms with E-state index in [2.05, 4.69) is 27.8 Å². The van der Waals surface area contributed by atoms with Crippen molar-refractivity contribution in [2.75, 3.05) is 13.2 Å². The third-order valence-electron chi connectivity index (χ3n) is 7.57. The second-order valence-electron chi connectivity index (χ2n) is 10.1. The van der Waals surface area contributed by atoms with Crippen LogP contribution in [0.5, 0.6) is 11.5 Å². The van der Waals surface area contributed by atoms with Gasteiger partial charge in [-0.1, -0.05) is 17.7 Å². The van der Waals surface area contributed by atoms with Gasteiger partial charge in [-0.25, -0.2) is 0 Å². The Labute approximate surface area is 238 Å². The Morgan fingerprint density at radius 2 is 1.51 bits per heavy atom. The van der Waals surface area contributed by atoms with Crippen molar-refractivity contribution >= 4 is 37.6 Å². The molecule has 0 N–H and O–H groups in total. The molecular weight excluding hydrogens is 582 g/mol. The van der Waals surface area contributed by atoms with Crippen LogP contribution in [0.2, 0.25) is 0 Å². The van der Waals surface area contributed by atoms with Crippen molar-refractivity contribution in [1.29, 1.82) is 0 Å². The van der Waals surface area contributed by atoms with Gasteiger partial charge in [0.25, 0.3) is 0 Å². The zero-order valence-corrected chi connectivity index (χ0v) is 24.8. The molecule has 0 saturated carbocycles. The van der Waals surface area contributed by atoms with Crippen LogP contribution >= 0.6 is 15.9 Å². The average Bonchev–Trinajstić information content (AvgIpc) is 2.90. The molecule has 2 aliphatic carbocycles. The number of hydrogen-bond donors (Lipinski definition) is 0. The Kier molecular flexibility index (Phi) is 7.75. The lowest BCUT2D eigenvalue weighted by molar-refractivity contribution is -0.117. The van der Waals surface area contributed by atoms with Crippen LogP contribution < -0.4 is 8.92 Å². The first kappa shape index (κ1) is 27.6. The molecule has 0 atom stereocenters. The molecule has 1 heterocycles. The Morgan fingerprint density at radius 3 is 2.05 bits per heavy atom. The number of carbonyl (C=O) groups excluding carboxylic acids is 2. The van der Waals surface area contributed by atoms with E-state index in [0.717, 1.165) is 42.6 Å². The summed E-state index contributed by atoms with van der Waals surface area (Å²) < 4.78 is 38.1. The maximum absolute atomic E-state index is 13.4. The number of hydrogen-bond acceptors (Lipinski definition) is 7. The van der Waals surface area contributed by atoms with Gasteiger partial charge in [-0.15, -0.1) is 0 Å². The largest absolute Gasteiger partial charge is 0.490 e. The van der Waals surface area contributed by atoms with Crippen LogP contribution in [0.25, 0.3) is 0 Å². The molecule has 206 valence electrons. The number of carbonyl (C=O) groups is 2. The summed E-state index contributed by atoms with van der Waals surface area (Å²) in [6.07, 6.45) is 4.03. The maximum Gasteiger partial charge on any atom is 0.339 e. The number of ketones is 2. The van der Waals surface area contributed by atoms with Gasteiger partial charge in [0.15, 0.2) is 23.1 Å². The summed E-state index contributed by atoms with van der Waals surface area (Å²) >= 11 is 3.52. The van der Waals surface area contributed by atoms with E-state index in [1.807, 2.05) is 6.92 Å². The van der Waals surface area contributed by atoms with E-state index in [1.54, 1.807) is 31.2 Å². The van der Waals surface area contributed by atoms with Crippen LogP contribution in [0.15, 0.2) is 68.3 Å². The van der Waals surface area contributed by atoms with E-state index in [4.69, 9.17) is 8.92 Å². The van der Waals surface area contributed by atoms with Gasteiger partial charge >= 0.3 is 10.1 Å². The molecular formula is C30H32BrNO6S. The molecule has 7 nitrogen and oxygen atoms in total. The summed E-state index contributed by atoms with van der Waals surface area (Å²) in [4.78, 5) is 29.1. The SMILES string of the molecule is CCOc1cc(C2C3=C(CCCC3=O)N(CC)C3=C2C(=O)CCC3)cc(Br)c1OS(=O)(=O)c1ccc(C)cc1. The van der Waals surface area contributed by atoms with E-state index in [-0.39, 0.29) is 34.6 Å². The summed E-state index contributed by atoms with van der Waals surface area (Å²) in [6, 6.07) is 9.90. The Hall–Kier alpha value is -2.91. The second-order valence-corrected chi connectivity index (χ2v) is 12.5. The number of allylic oxidation sites excluding steroid dienone is 4. The summed E-state index contributed by atoms with van der Waals surface area (Å²) in [7, 11) is -4.14. The van der Waals surface area contributed by atoms with E-state index in [0.29, 0.717) is 40.6 Å². The van der Waals surface area contributed by atoms with Crippen molar-refractivity contribution in [3.8, 4) is 11.5 Å². The first-order valence-electron chi connectivity index (χ1n) is 13.4. The van der Waals surface area contributed by atoms with Crippen molar-refractivity contribution < 1.29 is 26.9 Å². The topological polar surface area (TPSA) is 90.0 Å². The molecule has 0 fully saturated rings. The lowest BCUT2D eigenvalue weighted by Crippen LogP contribution is -2.39. The quantitative estimate of drug-likeness (QED) is 0.336.